The third-order valence-electron chi connectivity index (χ3n) is 3.77. The summed E-state index contributed by atoms with van der Waals surface area (Å²) in [6.45, 7) is 0. The van der Waals surface area contributed by atoms with E-state index >= 15 is 0 Å². The summed E-state index contributed by atoms with van der Waals surface area (Å²) in [5.74, 6) is 1.81. The highest BCUT2D eigenvalue weighted by Crippen LogP contribution is 2.41. The minimum absolute atomic E-state index is 0.797. The lowest BCUT2D eigenvalue weighted by molar-refractivity contribution is 0.419. The Morgan fingerprint density at radius 2 is 2.00 bits per heavy atom. The van der Waals surface area contributed by atoms with Crippen LogP contribution < -0.4 is 4.74 Å². The molecular weight excluding hydrogens is 228 g/mol. The van der Waals surface area contributed by atoms with Crippen LogP contribution in [0.3, 0.4) is 0 Å². The lowest BCUT2D eigenvalue weighted by atomic mass is 9.88. The smallest absolute Gasteiger partial charge is 0.127 e. The van der Waals surface area contributed by atoms with Crippen molar-refractivity contribution in [3.8, 4) is 5.75 Å². The second-order valence-corrected chi connectivity index (χ2v) is 5.97. The van der Waals surface area contributed by atoms with Gasteiger partial charge in [-0.15, -0.1) is 11.3 Å². The van der Waals surface area contributed by atoms with Gasteiger partial charge in [0, 0.05) is 15.0 Å². The molecule has 2 heteroatoms. The Hall–Kier alpha value is -1.02. The van der Waals surface area contributed by atoms with E-state index in [1.165, 1.54) is 42.2 Å². The van der Waals surface area contributed by atoms with Gasteiger partial charge in [-0.2, -0.15) is 0 Å². The number of methoxy groups -OCH3 is 1. The molecule has 3 rings (SSSR count). The van der Waals surface area contributed by atoms with E-state index < -0.39 is 0 Å². The summed E-state index contributed by atoms with van der Waals surface area (Å²) in [7, 11) is 1.76. The van der Waals surface area contributed by atoms with Crippen molar-refractivity contribution < 1.29 is 4.74 Å². The van der Waals surface area contributed by atoms with Gasteiger partial charge in [-0.3, -0.25) is 0 Å². The maximum atomic E-state index is 5.43. The molecule has 1 aliphatic carbocycles. The number of ether oxygens (including phenoxy) is 1. The Bertz CT molecular complexity index is 509. The molecule has 0 saturated heterocycles. The van der Waals surface area contributed by atoms with Crippen LogP contribution in [0.5, 0.6) is 5.75 Å². The lowest BCUT2D eigenvalue weighted by Crippen LogP contribution is -2.02. The average Bonchev–Trinajstić information content (AvgIpc) is 2.83. The topological polar surface area (TPSA) is 9.23 Å². The fourth-order valence-corrected chi connectivity index (χ4v) is 4.07. The van der Waals surface area contributed by atoms with Gasteiger partial charge in [0.1, 0.15) is 5.75 Å². The molecule has 1 aromatic heterocycles. The first kappa shape index (κ1) is 11.1. The predicted molar refractivity (Wildman–Crippen MR) is 74.2 cm³/mol. The van der Waals surface area contributed by atoms with Gasteiger partial charge in [0.05, 0.1) is 7.11 Å². The molecule has 1 aliphatic rings. The fourth-order valence-electron chi connectivity index (χ4n) is 2.82. The van der Waals surface area contributed by atoms with Crippen molar-refractivity contribution in [3.05, 3.63) is 29.1 Å². The van der Waals surface area contributed by atoms with Gasteiger partial charge in [-0.05, 0) is 37.0 Å². The Morgan fingerprint density at radius 3 is 2.76 bits per heavy atom. The van der Waals surface area contributed by atoms with Crippen LogP contribution in [-0.4, -0.2) is 7.11 Å². The summed E-state index contributed by atoms with van der Waals surface area (Å²) >= 11 is 1.95. The molecule has 1 nitrogen and oxygen atoms in total. The zero-order chi connectivity index (χ0) is 11.7. The van der Waals surface area contributed by atoms with E-state index in [-0.39, 0.29) is 0 Å². The van der Waals surface area contributed by atoms with Gasteiger partial charge in [-0.1, -0.05) is 25.3 Å². The third-order valence-corrected chi connectivity index (χ3v) is 5.03. The molecular formula is C15H18OS. The Morgan fingerprint density at radius 1 is 1.18 bits per heavy atom. The first-order valence-corrected chi connectivity index (χ1v) is 7.26. The zero-order valence-corrected chi connectivity index (χ0v) is 11.1. The van der Waals surface area contributed by atoms with E-state index in [0.717, 1.165) is 11.7 Å². The fraction of sp³-hybridized carbons (Fsp3) is 0.467. The lowest BCUT2D eigenvalue weighted by Gasteiger charge is -2.19. The first-order chi connectivity index (χ1) is 8.38. The Kier molecular flexibility index (Phi) is 3.06. The maximum absolute atomic E-state index is 5.43. The first-order valence-electron chi connectivity index (χ1n) is 6.45. The molecule has 0 atom stereocenters. The van der Waals surface area contributed by atoms with Crippen LogP contribution in [0.15, 0.2) is 24.3 Å². The maximum Gasteiger partial charge on any atom is 0.127 e. The summed E-state index contributed by atoms with van der Waals surface area (Å²) in [5, 5.41) is 1.29. The number of hydrogen-bond acceptors (Lipinski definition) is 2. The number of rotatable bonds is 2. The number of hydrogen-bond donors (Lipinski definition) is 0. The van der Waals surface area contributed by atoms with E-state index in [2.05, 4.69) is 24.3 Å². The van der Waals surface area contributed by atoms with Crippen molar-refractivity contribution in [2.75, 3.05) is 7.11 Å². The van der Waals surface area contributed by atoms with Gasteiger partial charge in [0.2, 0.25) is 0 Å². The minimum Gasteiger partial charge on any atom is -0.496 e. The van der Waals surface area contributed by atoms with E-state index in [1.54, 1.807) is 12.0 Å². The second-order valence-electron chi connectivity index (χ2n) is 4.86. The summed E-state index contributed by atoms with van der Waals surface area (Å²) in [6.07, 6.45) is 6.96. The molecule has 0 amide bonds. The van der Waals surface area contributed by atoms with Crippen molar-refractivity contribution in [1.29, 1.82) is 0 Å². The number of fused-ring (bicyclic) bond motifs is 1. The van der Waals surface area contributed by atoms with E-state index in [1.807, 2.05) is 11.3 Å². The second kappa shape index (κ2) is 4.69. The van der Waals surface area contributed by atoms with Crippen LogP contribution in [0.2, 0.25) is 0 Å². The van der Waals surface area contributed by atoms with Crippen LogP contribution in [-0.2, 0) is 0 Å². The van der Waals surface area contributed by atoms with Crippen molar-refractivity contribution in [2.45, 2.75) is 38.0 Å². The van der Waals surface area contributed by atoms with Crippen LogP contribution in [0.4, 0.5) is 0 Å². The van der Waals surface area contributed by atoms with Crippen molar-refractivity contribution >= 4 is 21.4 Å². The largest absolute Gasteiger partial charge is 0.496 e. The molecule has 1 aromatic carbocycles. The molecule has 0 bridgehead atoms. The van der Waals surface area contributed by atoms with Crippen LogP contribution in [0.1, 0.15) is 42.9 Å². The quantitative estimate of drug-likeness (QED) is 0.728. The number of thiophene rings is 1. The van der Waals surface area contributed by atoms with Gasteiger partial charge in [-0.25, -0.2) is 0 Å². The molecule has 17 heavy (non-hydrogen) atoms. The predicted octanol–water partition coefficient (Wildman–Crippen LogP) is 4.96. The standard InChI is InChI=1S/C15H18OS/c1-16-13-8-5-9-14-12(13)10-15(17-14)11-6-3-2-4-7-11/h5,8-11H,2-4,6-7H2,1H3. The van der Waals surface area contributed by atoms with Crippen LogP contribution >= 0.6 is 11.3 Å². The molecule has 0 radical (unpaired) electrons. The highest BCUT2D eigenvalue weighted by molar-refractivity contribution is 7.19. The molecule has 1 saturated carbocycles. The summed E-state index contributed by atoms with van der Waals surface area (Å²) in [5.41, 5.74) is 0. The Balaban J connectivity index is 2.00. The van der Waals surface area contributed by atoms with Crippen LogP contribution in [0.25, 0.3) is 10.1 Å². The SMILES string of the molecule is COc1cccc2sc(C3CCCCC3)cc12. The average molecular weight is 246 g/mol. The van der Waals surface area contributed by atoms with Gasteiger partial charge < -0.3 is 4.74 Å². The van der Waals surface area contributed by atoms with Crippen molar-refractivity contribution in [2.24, 2.45) is 0 Å². The van der Waals surface area contributed by atoms with E-state index in [0.29, 0.717) is 0 Å². The van der Waals surface area contributed by atoms with Crippen molar-refractivity contribution in [3.63, 3.8) is 0 Å². The molecule has 0 spiro atoms. The van der Waals surface area contributed by atoms with E-state index in [4.69, 9.17) is 4.74 Å². The zero-order valence-electron chi connectivity index (χ0n) is 10.2. The van der Waals surface area contributed by atoms with Gasteiger partial charge in [0.25, 0.3) is 0 Å². The van der Waals surface area contributed by atoms with Crippen molar-refractivity contribution in [1.82, 2.24) is 0 Å². The molecule has 1 fully saturated rings. The summed E-state index contributed by atoms with van der Waals surface area (Å²) in [4.78, 5) is 1.56. The highest BCUT2D eigenvalue weighted by Gasteiger charge is 2.18. The monoisotopic (exact) mass is 246 g/mol. The van der Waals surface area contributed by atoms with Crippen LogP contribution in [0, 0.1) is 0 Å². The molecule has 2 aromatic rings. The van der Waals surface area contributed by atoms with Gasteiger partial charge in [0.15, 0.2) is 0 Å². The van der Waals surface area contributed by atoms with Gasteiger partial charge >= 0.3 is 0 Å². The third kappa shape index (κ3) is 2.06. The molecule has 0 N–H and O–H groups in total. The molecule has 90 valence electrons. The number of benzene rings is 1. The normalized spacial score (nSPS) is 17.5. The molecule has 1 heterocycles. The summed E-state index contributed by atoms with van der Waals surface area (Å²) < 4.78 is 6.80. The highest BCUT2D eigenvalue weighted by atomic mass is 32.1. The van der Waals surface area contributed by atoms with E-state index in [9.17, 15) is 0 Å². The summed E-state index contributed by atoms with van der Waals surface area (Å²) in [6, 6.07) is 8.70. The minimum atomic E-state index is 0.797. The Labute approximate surface area is 106 Å². The molecule has 0 aliphatic heterocycles. The molecule has 0 unspecified atom stereocenters.